The molecule has 1 saturated heterocycles. The molecule has 1 aromatic rings. The topological polar surface area (TPSA) is 71.5 Å². The molecule has 0 N–H and O–H groups in total. The summed E-state index contributed by atoms with van der Waals surface area (Å²) in [6, 6.07) is 5.91. The number of fused-ring (bicyclic) bond motifs is 1. The Morgan fingerprint density at radius 3 is 2.57 bits per heavy atom. The number of rotatable bonds is 1. The van der Waals surface area contributed by atoms with Crippen molar-refractivity contribution < 1.29 is 19.2 Å². The SMILES string of the molecule is CCN1C(=O)/C(=C2/C(=O)Cc3ccc(I)cc32)SC1=S.O=C=O. The Bertz CT molecular complexity index is 782. The average Bonchev–Trinajstić information content (AvgIpc) is 2.95. The van der Waals surface area contributed by atoms with Crippen molar-refractivity contribution in [2.24, 2.45) is 0 Å². The van der Waals surface area contributed by atoms with Crippen molar-refractivity contribution in [3.05, 3.63) is 37.8 Å². The number of benzene rings is 1. The van der Waals surface area contributed by atoms with E-state index in [1.54, 1.807) is 4.90 Å². The van der Waals surface area contributed by atoms with Crippen LogP contribution in [0.25, 0.3) is 5.57 Å². The number of nitrogens with zero attached hydrogens (tertiary/aromatic N) is 1. The Morgan fingerprint density at radius 1 is 1.35 bits per heavy atom. The van der Waals surface area contributed by atoms with Crippen LogP contribution in [0.3, 0.4) is 0 Å². The molecule has 1 heterocycles. The molecule has 5 nitrogen and oxygen atoms in total. The van der Waals surface area contributed by atoms with Crippen LogP contribution < -0.4 is 0 Å². The van der Waals surface area contributed by atoms with Gasteiger partial charge < -0.3 is 0 Å². The summed E-state index contributed by atoms with van der Waals surface area (Å²) < 4.78 is 1.59. The van der Waals surface area contributed by atoms with Gasteiger partial charge in [0.1, 0.15) is 4.32 Å². The van der Waals surface area contributed by atoms with Gasteiger partial charge in [0, 0.05) is 22.1 Å². The Morgan fingerprint density at radius 2 is 2.00 bits per heavy atom. The molecule has 1 aromatic carbocycles. The zero-order chi connectivity index (χ0) is 17.1. The lowest BCUT2D eigenvalue weighted by molar-refractivity contribution is -0.191. The lowest BCUT2D eigenvalue weighted by Crippen LogP contribution is -2.27. The number of allylic oxidation sites excluding steroid dienone is 1. The highest BCUT2D eigenvalue weighted by atomic mass is 127. The zero-order valence-electron chi connectivity index (χ0n) is 11.9. The minimum Gasteiger partial charge on any atom is -0.294 e. The molecule has 23 heavy (non-hydrogen) atoms. The van der Waals surface area contributed by atoms with Gasteiger partial charge in [-0.2, -0.15) is 9.59 Å². The number of thiocarbonyl (C=S) groups is 1. The van der Waals surface area contributed by atoms with Crippen LogP contribution in [0.1, 0.15) is 18.1 Å². The summed E-state index contributed by atoms with van der Waals surface area (Å²) in [4.78, 5) is 43.0. The first-order valence-electron chi connectivity index (χ1n) is 6.53. The fourth-order valence-electron chi connectivity index (χ4n) is 2.42. The maximum atomic E-state index is 12.4. The van der Waals surface area contributed by atoms with Crippen LogP contribution >= 0.6 is 46.6 Å². The summed E-state index contributed by atoms with van der Waals surface area (Å²) in [5.74, 6) is -0.129. The smallest absolute Gasteiger partial charge is 0.294 e. The van der Waals surface area contributed by atoms with Gasteiger partial charge in [-0.15, -0.1) is 0 Å². The van der Waals surface area contributed by atoms with E-state index in [0.29, 0.717) is 27.8 Å². The van der Waals surface area contributed by atoms with Gasteiger partial charge in [-0.3, -0.25) is 14.5 Å². The average molecular weight is 459 g/mol. The first kappa shape index (κ1) is 18.0. The Balaban J connectivity index is 0.000000595. The van der Waals surface area contributed by atoms with Crippen LogP contribution in [-0.2, 0) is 25.6 Å². The second-order valence-electron chi connectivity index (χ2n) is 4.61. The molecule has 0 spiro atoms. The highest BCUT2D eigenvalue weighted by Crippen LogP contribution is 2.41. The first-order valence-corrected chi connectivity index (χ1v) is 8.84. The summed E-state index contributed by atoms with van der Waals surface area (Å²) in [6.45, 7) is 2.42. The third kappa shape index (κ3) is 3.45. The number of hydrogen-bond donors (Lipinski definition) is 0. The number of carbonyl (C=O) groups excluding carboxylic acids is 4. The van der Waals surface area contributed by atoms with E-state index in [0.717, 1.165) is 14.7 Å². The quantitative estimate of drug-likeness (QED) is 0.365. The van der Waals surface area contributed by atoms with Crippen LogP contribution in [0, 0.1) is 3.57 Å². The van der Waals surface area contributed by atoms with Gasteiger partial charge in [-0.05, 0) is 52.8 Å². The third-order valence-electron chi connectivity index (χ3n) is 3.36. The lowest BCUT2D eigenvalue weighted by Gasteiger charge is -2.10. The van der Waals surface area contributed by atoms with E-state index < -0.39 is 0 Å². The molecule has 0 saturated carbocycles. The molecule has 1 amide bonds. The maximum absolute atomic E-state index is 12.4. The van der Waals surface area contributed by atoms with Crippen molar-refractivity contribution in [2.45, 2.75) is 13.3 Å². The van der Waals surface area contributed by atoms with E-state index in [-0.39, 0.29) is 17.8 Å². The number of hydrogen-bond acceptors (Lipinski definition) is 6. The Labute approximate surface area is 155 Å². The second kappa shape index (κ2) is 7.48. The van der Waals surface area contributed by atoms with E-state index in [9.17, 15) is 9.59 Å². The normalized spacial score (nSPS) is 19.4. The number of ketones is 1. The molecule has 0 aromatic heterocycles. The summed E-state index contributed by atoms with van der Waals surface area (Å²) in [5.41, 5.74) is 2.43. The molecule has 8 heteroatoms. The predicted molar refractivity (Wildman–Crippen MR) is 97.4 cm³/mol. The highest BCUT2D eigenvalue weighted by molar-refractivity contribution is 14.1. The van der Waals surface area contributed by atoms with E-state index in [1.807, 2.05) is 25.1 Å². The summed E-state index contributed by atoms with van der Waals surface area (Å²) in [6.07, 6.45) is 0.623. The third-order valence-corrected chi connectivity index (χ3v) is 5.48. The molecule has 2 aliphatic rings. The number of thioether (sulfide) groups is 1. The minimum atomic E-state index is -0.141. The fraction of sp³-hybridized carbons (Fsp3) is 0.200. The predicted octanol–water partition coefficient (Wildman–Crippen LogP) is 2.42. The largest absolute Gasteiger partial charge is 0.373 e. The number of likely N-dealkylation sites (N-methyl/N-ethyl adjacent to an activating group) is 1. The van der Waals surface area contributed by atoms with Gasteiger partial charge in [-0.25, -0.2) is 0 Å². The van der Waals surface area contributed by atoms with Gasteiger partial charge in [0.25, 0.3) is 5.91 Å². The molecule has 0 atom stereocenters. The summed E-state index contributed by atoms with van der Waals surface area (Å²) in [7, 11) is 0. The van der Waals surface area contributed by atoms with Crippen molar-refractivity contribution >= 4 is 74.3 Å². The molecular weight excluding hydrogens is 449 g/mol. The summed E-state index contributed by atoms with van der Waals surface area (Å²) >= 11 is 8.67. The van der Waals surface area contributed by atoms with Crippen LogP contribution in [0.5, 0.6) is 0 Å². The zero-order valence-corrected chi connectivity index (χ0v) is 15.7. The van der Waals surface area contributed by atoms with Crippen molar-refractivity contribution in [1.82, 2.24) is 4.90 Å². The van der Waals surface area contributed by atoms with Crippen molar-refractivity contribution in [2.75, 3.05) is 6.54 Å². The molecule has 1 aliphatic heterocycles. The number of amides is 1. The maximum Gasteiger partial charge on any atom is 0.373 e. The van der Waals surface area contributed by atoms with E-state index >= 15 is 0 Å². The van der Waals surface area contributed by atoms with E-state index in [1.165, 1.54) is 11.8 Å². The first-order chi connectivity index (χ1) is 10.9. The van der Waals surface area contributed by atoms with Gasteiger partial charge in [0.2, 0.25) is 0 Å². The van der Waals surface area contributed by atoms with Crippen LogP contribution in [0.4, 0.5) is 0 Å². The van der Waals surface area contributed by atoms with E-state index in [4.69, 9.17) is 21.8 Å². The van der Waals surface area contributed by atoms with Gasteiger partial charge in [-0.1, -0.05) is 30.0 Å². The standard InChI is InChI=1S/C14H10INO2S2.CO2/c1-2-16-13(18)12(20-14(16)19)11-9-6-8(15)4-3-7(9)5-10(11)17;2-1-3/h3-4,6H,2,5H2,1H3;/b12-11-;. The molecule has 1 aliphatic carbocycles. The number of Topliss-reactive ketones (excluding diaryl/α,β-unsaturated/α-hetero) is 1. The van der Waals surface area contributed by atoms with Crippen molar-refractivity contribution in [1.29, 1.82) is 0 Å². The Kier molecular flexibility index (Phi) is 5.85. The Hall–Kier alpha value is -1.35. The second-order valence-corrected chi connectivity index (χ2v) is 7.50. The lowest BCUT2D eigenvalue weighted by atomic mass is 10.1. The number of halogens is 1. The molecular formula is C15H10INO4S2. The highest BCUT2D eigenvalue weighted by Gasteiger charge is 2.38. The summed E-state index contributed by atoms with van der Waals surface area (Å²) in [5, 5.41) is 0. The van der Waals surface area contributed by atoms with Crippen LogP contribution in [0.15, 0.2) is 23.1 Å². The van der Waals surface area contributed by atoms with Gasteiger partial charge >= 0.3 is 6.15 Å². The molecule has 0 bridgehead atoms. The molecule has 1 fully saturated rings. The molecule has 3 rings (SSSR count). The van der Waals surface area contributed by atoms with Gasteiger partial charge in [0.15, 0.2) is 5.78 Å². The monoisotopic (exact) mass is 459 g/mol. The van der Waals surface area contributed by atoms with Crippen LogP contribution in [0.2, 0.25) is 0 Å². The number of carbonyl (C=O) groups is 2. The molecule has 0 unspecified atom stereocenters. The molecule has 118 valence electrons. The van der Waals surface area contributed by atoms with Crippen molar-refractivity contribution in [3.8, 4) is 0 Å². The van der Waals surface area contributed by atoms with Crippen molar-refractivity contribution in [3.63, 3.8) is 0 Å². The fourth-order valence-corrected chi connectivity index (χ4v) is 4.39. The molecule has 0 radical (unpaired) electrons. The minimum absolute atomic E-state index is 0.0126. The van der Waals surface area contributed by atoms with Crippen LogP contribution in [-0.4, -0.2) is 33.6 Å². The van der Waals surface area contributed by atoms with Gasteiger partial charge in [0.05, 0.1) is 4.91 Å². The van der Waals surface area contributed by atoms with E-state index in [2.05, 4.69) is 22.6 Å².